The van der Waals surface area contributed by atoms with E-state index in [2.05, 4.69) is 4.98 Å². The number of nitrogens with zero attached hydrogens (tertiary/aromatic N) is 2. The fraction of sp³-hybridized carbons (Fsp3) is 0.0667. The van der Waals surface area contributed by atoms with E-state index in [0.717, 1.165) is 11.2 Å². The highest BCUT2D eigenvalue weighted by atomic mass is 16.5. The minimum atomic E-state index is -1.00. The Hall–Kier alpha value is -2.82. The molecule has 5 nitrogen and oxygen atoms in total. The number of hydrogen-bond donors (Lipinski definition) is 1. The third kappa shape index (κ3) is 2.21. The molecular formula is C15H12N2O3. The summed E-state index contributed by atoms with van der Waals surface area (Å²) in [6.07, 6.45) is 5.46. The second kappa shape index (κ2) is 5.05. The Kier molecular flexibility index (Phi) is 3.09. The van der Waals surface area contributed by atoms with Crippen molar-refractivity contribution >= 4 is 11.6 Å². The fourth-order valence-electron chi connectivity index (χ4n) is 2.05. The molecule has 5 heteroatoms. The van der Waals surface area contributed by atoms with Gasteiger partial charge in [-0.2, -0.15) is 0 Å². The van der Waals surface area contributed by atoms with Crippen LogP contribution in [0, 0.1) is 0 Å². The number of carbonyl (C=O) groups is 1. The quantitative estimate of drug-likeness (QED) is 0.790. The van der Waals surface area contributed by atoms with Crippen LogP contribution in [-0.2, 0) is 6.61 Å². The Morgan fingerprint density at radius 1 is 1.20 bits per heavy atom. The van der Waals surface area contributed by atoms with Gasteiger partial charge in [0.1, 0.15) is 23.6 Å². The molecule has 0 radical (unpaired) electrons. The number of pyridine rings is 1. The van der Waals surface area contributed by atoms with Crippen molar-refractivity contribution in [3.05, 3.63) is 66.1 Å². The second-order valence-corrected chi connectivity index (χ2v) is 4.28. The minimum absolute atomic E-state index is 0.155. The van der Waals surface area contributed by atoms with Crippen molar-refractivity contribution in [1.29, 1.82) is 0 Å². The molecule has 2 aromatic heterocycles. The monoisotopic (exact) mass is 268 g/mol. The Bertz CT molecular complexity index is 764. The Morgan fingerprint density at radius 3 is 2.90 bits per heavy atom. The van der Waals surface area contributed by atoms with Crippen molar-refractivity contribution in [2.75, 3.05) is 0 Å². The summed E-state index contributed by atoms with van der Waals surface area (Å²) in [4.78, 5) is 15.4. The number of carboxylic acid groups (broad SMARTS) is 1. The molecular weight excluding hydrogens is 256 g/mol. The second-order valence-electron chi connectivity index (χ2n) is 4.28. The standard InChI is InChI=1S/C15H12N2O3/c18-15(19)12-5-1-2-6-13(12)20-10-11-4-3-8-17-9-7-16-14(11)17/h1-9H,10H2,(H,18,19). The van der Waals surface area contributed by atoms with Crippen molar-refractivity contribution in [3.8, 4) is 5.75 Å². The van der Waals surface area contributed by atoms with E-state index in [1.165, 1.54) is 6.07 Å². The summed E-state index contributed by atoms with van der Waals surface area (Å²) < 4.78 is 7.52. The van der Waals surface area contributed by atoms with Gasteiger partial charge in [0.2, 0.25) is 0 Å². The van der Waals surface area contributed by atoms with E-state index in [9.17, 15) is 4.79 Å². The van der Waals surface area contributed by atoms with Gasteiger partial charge < -0.3 is 14.2 Å². The molecule has 0 aliphatic carbocycles. The SMILES string of the molecule is O=C(O)c1ccccc1OCc1cccn2ccnc12. The number of rotatable bonds is 4. The van der Waals surface area contributed by atoms with Gasteiger partial charge in [-0.05, 0) is 18.2 Å². The zero-order valence-corrected chi connectivity index (χ0v) is 10.6. The molecule has 0 atom stereocenters. The molecule has 0 bridgehead atoms. The molecule has 0 aliphatic rings. The zero-order valence-electron chi connectivity index (χ0n) is 10.6. The maximum absolute atomic E-state index is 11.1. The molecule has 2 heterocycles. The molecule has 0 saturated carbocycles. The molecule has 0 fully saturated rings. The first-order valence-corrected chi connectivity index (χ1v) is 6.11. The summed E-state index contributed by atoms with van der Waals surface area (Å²) in [5.74, 6) is -0.645. The highest BCUT2D eigenvalue weighted by molar-refractivity contribution is 5.90. The van der Waals surface area contributed by atoms with Crippen molar-refractivity contribution < 1.29 is 14.6 Å². The number of hydrogen-bond acceptors (Lipinski definition) is 3. The van der Waals surface area contributed by atoms with Gasteiger partial charge in [-0.25, -0.2) is 9.78 Å². The number of ether oxygens (including phenoxy) is 1. The highest BCUT2D eigenvalue weighted by Crippen LogP contribution is 2.20. The van der Waals surface area contributed by atoms with Gasteiger partial charge in [-0.3, -0.25) is 0 Å². The molecule has 1 aromatic carbocycles. The third-order valence-electron chi connectivity index (χ3n) is 3.00. The molecule has 20 heavy (non-hydrogen) atoms. The number of carboxylic acids is 1. The summed E-state index contributed by atoms with van der Waals surface area (Å²) in [7, 11) is 0. The highest BCUT2D eigenvalue weighted by Gasteiger charge is 2.11. The summed E-state index contributed by atoms with van der Waals surface area (Å²) in [5.41, 5.74) is 1.86. The molecule has 1 N–H and O–H groups in total. The van der Waals surface area contributed by atoms with Gasteiger partial charge >= 0.3 is 5.97 Å². The van der Waals surface area contributed by atoms with Crippen molar-refractivity contribution in [1.82, 2.24) is 9.38 Å². The van der Waals surface area contributed by atoms with Crippen LogP contribution in [0.1, 0.15) is 15.9 Å². The summed E-state index contributed by atoms with van der Waals surface area (Å²) in [6, 6.07) is 10.4. The largest absolute Gasteiger partial charge is 0.488 e. The van der Waals surface area contributed by atoms with Gasteiger partial charge in [0, 0.05) is 24.2 Å². The molecule has 3 aromatic rings. The Morgan fingerprint density at radius 2 is 2.05 bits per heavy atom. The minimum Gasteiger partial charge on any atom is -0.488 e. The zero-order chi connectivity index (χ0) is 13.9. The number of fused-ring (bicyclic) bond motifs is 1. The van der Waals surface area contributed by atoms with Crippen LogP contribution in [0.25, 0.3) is 5.65 Å². The average Bonchev–Trinajstić information content (AvgIpc) is 2.94. The first kappa shape index (κ1) is 12.2. The molecule has 0 aliphatic heterocycles. The topological polar surface area (TPSA) is 63.8 Å². The van der Waals surface area contributed by atoms with Crippen LogP contribution in [0.2, 0.25) is 0 Å². The average molecular weight is 268 g/mol. The van der Waals surface area contributed by atoms with E-state index in [4.69, 9.17) is 9.84 Å². The van der Waals surface area contributed by atoms with Gasteiger partial charge in [-0.15, -0.1) is 0 Å². The van der Waals surface area contributed by atoms with Gasteiger partial charge in [0.15, 0.2) is 0 Å². The van der Waals surface area contributed by atoms with Crippen molar-refractivity contribution in [2.45, 2.75) is 6.61 Å². The predicted octanol–water partition coefficient (Wildman–Crippen LogP) is 2.61. The van der Waals surface area contributed by atoms with E-state index < -0.39 is 5.97 Å². The van der Waals surface area contributed by atoms with E-state index in [-0.39, 0.29) is 12.2 Å². The van der Waals surface area contributed by atoms with E-state index in [1.54, 1.807) is 24.4 Å². The van der Waals surface area contributed by atoms with Crippen LogP contribution < -0.4 is 4.74 Å². The fourth-order valence-corrected chi connectivity index (χ4v) is 2.05. The Labute approximate surface area is 115 Å². The third-order valence-corrected chi connectivity index (χ3v) is 3.00. The lowest BCUT2D eigenvalue weighted by molar-refractivity contribution is 0.0692. The van der Waals surface area contributed by atoms with Crippen LogP contribution >= 0.6 is 0 Å². The first-order valence-electron chi connectivity index (χ1n) is 6.11. The lowest BCUT2D eigenvalue weighted by Crippen LogP contribution is -2.04. The van der Waals surface area contributed by atoms with Crippen LogP contribution in [-0.4, -0.2) is 20.5 Å². The lowest BCUT2D eigenvalue weighted by Gasteiger charge is -2.09. The van der Waals surface area contributed by atoms with Crippen LogP contribution in [0.15, 0.2) is 55.0 Å². The number of benzene rings is 1. The molecule has 3 rings (SSSR count). The van der Waals surface area contributed by atoms with E-state index >= 15 is 0 Å². The van der Waals surface area contributed by atoms with Gasteiger partial charge in [0.05, 0.1) is 0 Å². The maximum Gasteiger partial charge on any atom is 0.339 e. The van der Waals surface area contributed by atoms with Crippen LogP contribution in [0.5, 0.6) is 5.75 Å². The molecule has 0 saturated heterocycles. The first-order chi connectivity index (χ1) is 9.75. The van der Waals surface area contributed by atoms with Gasteiger partial charge in [0.25, 0.3) is 0 Å². The summed E-state index contributed by atoms with van der Waals surface area (Å²) >= 11 is 0. The van der Waals surface area contributed by atoms with Crippen molar-refractivity contribution in [2.24, 2.45) is 0 Å². The van der Waals surface area contributed by atoms with E-state index in [0.29, 0.717) is 5.75 Å². The molecule has 0 amide bonds. The number of para-hydroxylation sites is 1. The smallest absolute Gasteiger partial charge is 0.339 e. The summed E-state index contributed by atoms with van der Waals surface area (Å²) in [5, 5.41) is 9.11. The van der Waals surface area contributed by atoms with Crippen LogP contribution in [0.3, 0.4) is 0 Å². The maximum atomic E-state index is 11.1. The Balaban J connectivity index is 1.87. The summed E-state index contributed by atoms with van der Waals surface area (Å²) in [6.45, 7) is 0.269. The predicted molar refractivity (Wildman–Crippen MR) is 72.9 cm³/mol. The van der Waals surface area contributed by atoms with Crippen LogP contribution in [0.4, 0.5) is 0 Å². The molecule has 0 spiro atoms. The van der Waals surface area contributed by atoms with E-state index in [1.807, 2.05) is 28.9 Å². The number of imidazole rings is 1. The lowest BCUT2D eigenvalue weighted by atomic mass is 10.2. The van der Waals surface area contributed by atoms with Gasteiger partial charge in [-0.1, -0.05) is 18.2 Å². The molecule has 0 unspecified atom stereocenters. The molecule has 100 valence electrons. The number of aromatic nitrogens is 2. The number of aromatic carboxylic acids is 1. The normalized spacial score (nSPS) is 10.6. The van der Waals surface area contributed by atoms with Crippen molar-refractivity contribution in [3.63, 3.8) is 0 Å².